The molecule has 2 heterocycles. The van der Waals surface area contributed by atoms with Gasteiger partial charge in [-0.25, -0.2) is 0 Å². The molecule has 1 fully saturated rings. The van der Waals surface area contributed by atoms with Crippen LogP contribution in [0.15, 0.2) is 78.1 Å². The SMILES string of the molecule is CCOC(=O)C1(c2ccccc2)CCN(CCCN(COCCN)C(=O)C2=CC(c3ccc([N+](=O)[O-])cc3)C=C(C(=O)N(CC)CC)N2)CC1. The molecule has 270 valence electrons. The van der Waals surface area contributed by atoms with Crippen molar-refractivity contribution in [2.75, 3.05) is 65.8 Å². The first-order valence-corrected chi connectivity index (χ1v) is 17.4. The number of nitrogens with zero attached hydrogens (tertiary/aromatic N) is 4. The predicted molar refractivity (Wildman–Crippen MR) is 190 cm³/mol. The van der Waals surface area contributed by atoms with Crippen molar-refractivity contribution in [1.29, 1.82) is 0 Å². The molecule has 0 spiro atoms. The number of carbonyl (C=O) groups is 3. The Hall–Kier alpha value is -4.59. The molecular formula is C37H50N6O7. The Morgan fingerprint density at radius 1 is 0.960 bits per heavy atom. The van der Waals surface area contributed by atoms with Crippen LogP contribution in [0.5, 0.6) is 0 Å². The highest BCUT2D eigenvalue weighted by atomic mass is 16.6. The Bertz CT molecular complexity index is 1520. The number of nitrogens with two attached hydrogens (primary N) is 1. The highest BCUT2D eigenvalue weighted by Crippen LogP contribution is 2.37. The van der Waals surface area contributed by atoms with Crippen molar-refractivity contribution in [2.24, 2.45) is 5.73 Å². The summed E-state index contributed by atoms with van der Waals surface area (Å²) in [5.74, 6) is -1.25. The number of non-ortho nitro benzene ring substituents is 1. The molecule has 2 amide bonds. The zero-order valence-corrected chi connectivity index (χ0v) is 29.3. The lowest BCUT2D eigenvalue weighted by molar-refractivity contribution is -0.384. The van der Waals surface area contributed by atoms with E-state index in [9.17, 15) is 24.5 Å². The number of likely N-dealkylation sites (tertiary alicyclic amines) is 1. The molecule has 0 aromatic heterocycles. The number of amides is 2. The van der Waals surface area contributed by atoms with Crippen molar-refractivity contribution in [3.63, 3.8) is 0 Å². The molecule has 2 aliphatic rings. The second-order valence-electron chi connectivity index (χ2n) is 12.4. The van der Waals surface area contributed by atoms with Gasteiger partial charge in [-0.15, -0.1) is 0 Å². The number of carbonyl (C=O) groups excluding carboxylic acids is 3. The molecule has 2 aliphatic heterocycles. The third-order valence-electron chi connectivity index (χ3n) is 9.36. The van der Waals surface area contributed by atoms with Gasteiger partial charge >= 0.3 is 5.97 Å². The highest BCUT2D eigenvalue weighted by molar-refractivity contribution is 5.99. The number of esters is 1. The van der Waals surface area contributed by atoms with Gasteiger partial charge in [0.05, 0.1) is 23.6 Å². The molecule has 0 aliphatic carbocycles. The fraction of sp³-hybridized carbons (Fsp3) is 0.486. The third kappa shape index (κ3) is 9.34. The zero-order valence-electron chi connectivity index (χ0n) is 29.3. The van der Waals surface area contributed by atoms with Crippen LogP contribution >= 0.6 is 0 Å². The number of nitrogens with one attached hydrogen (secondary N) is 1. The largest absolute Gasteiger partial charge is 0.465 e. The van der Waals surface area contributed by atoms with Crippen LogP contribution in [0, 0.1) is 10.1 Å². The Morgan fingerprint density at radius 2 is 1.58 bits per heavy atom. The number of ether oxygens (including phenoxy) is 2. The Labute approximate surface area is 294 Å². The summed E-state index contributed by atoms with van der Waals surface area (Å²) in [6, 6.07) is 15.9. The van der Waals surface area contributed by atoms with E-state index in [1.807, 2.05) is 51.1 Å². The maximum absolute atomic E-state index is 14.1. The van der Waals surface area contributed by atoms with Gasteiger partial charge in [0.2, 0.25) is 0 Å². The molecule has 4 rings (SSSR count). The summed E-state index contributed by atoms with van der Waals surface area (Å²) < 4.78 is 11.3. The quantitative estimate of drug-likeness (QED) is 0.0824. The molecule has 0 radical (unpaired) electrons. The van der Waals surface area contributed by atoms with Gasteiger partial charge in [0.1, 0.15) is 18.1 Å². The van der Waals surface area contributed by atoms with E-state index in [0.29, 0.717) is 77.2 Å². The van der Waals surface area contributed by atoms with Gasteiger partial charge in [-0.05, 0) is 82.9 Å². The predicted octanol–water partition coefficient (Wildman–Crippen LogP) is 3.67. The first-order valence-electron chi connectivity index (χ1n) is 17.4. The maximum atomic E-state index is 14.1. The first-order chi connectivity index (χ1) is 24.2. The Kier molecular flexibility index (Phi) is 14.1. The minimum atomic E-state index is -0.682. The molecular weight excluding hydrogens is 640 g/mol. The molecule has 50 heavy (non-hydrogen) atoms. The monoisotopic (exact) mass is 690 g/mol. The van der Waals surface area contributed by atoms with Crippen molar-refractivity contribution in [2.45, 2.75) is 51.4 Å². The molecule has 2 aromatic rings. The topological polar surface area (TPSA) is 161 Å². The number of hydrogen-bond acceptors (Lipinski definition) is 10. The standard InChI is InChI=1S/C37H50N6O7/c1-4-41(5-2)34(44)32-25-29(28-13-15-31(16-14-28)43(47)48)26-33(39-32)35(45)42(27-49-24-19-38)21-10-20-40-22-17-37(18-23-40,36(46)50-6-3)30-11-8-7-9-12-30/h7-9,11-16,25-26,29,39H,4-6,10,17-24,27,38H2,1-3H3. The van der Waals surface area contributed by atoms with Crippen LogP contribution in [0.3, 0.4) is 0 Å². The summed E-state index contributed by atoms with van der Waals surface area (Å²) in [6.07, 6.45) is 5.40. The number of allylic oxidation sites excluding steroid dienone is 2. The van der Waals surface area contributed by atoms with Crippen LogP contribution in [0.4, 0.5) is 5.69 Å². The summed E-state index contributed by atoms with van der Waals surface area (Å²) >= 11 is 0. The Balaban J connectivity index is 1.49. The molecule has 13 heteroatoms. The van der Waals surface area contributed by atoms with Gasteiger partial charge in [0.25, 0.3) is 17.5 Å². The lowest BCUT2D eigenvalue weighted by Gasteiger charge is -2.40. The van der Waals surface area contributed by atoms with E-state index in [0.717, 1.165) is 5.56 Å². The lowest BCUT2D eigenvalue weighted by atomic mass is 9.72. The summed E-state index contributed by atoms with van der Waals surface area (Å²) in [6.45, 7) is 9.99. The fourth-order valence-corrected chi connectivity index (χ4v) is 6.51. The van der Waals surface area contributed by atoms with Crippen LogP contribution in [-0.4, -0.2) is 103 Å². The van der Waals surface area contributed by atoms with Gasteiger partial charge in [0, 0.05) is 44.2 Å². The van der Waals surface area contributed by atoms with Crippen LogP contribution in [0.1, 0.15) is 57.1 Å². The average molecular weight is 691 g/mol. The van der Waals surface area contributed by atoms with E-state index in [1.165, 1.54) is 12.1 Å². The first kappa shape index (κ1) is 38.2. The number of nitro benzene ring substituents is 1. The number of benzene rings is 2. The van der Waals surface area contributed by atoms with E-state index >= 15 is 0 Å². The van der Waals surface area contributed by atoms with Gasteiger partial charge in [-0.1, -0.05) is 42.5 Å². The number of dihydropyridines is 1. The molecule has 1 unspecified atom stereocenters. The van der Waals surface area contributed by atoms with E-state index in [4.69, 9.17) is 15.2 Å². The average Bonchev–Trinajstić information content (AvgIpc) is 3.15. The van der Waals surface area contributed by atoms with Crippen LogP contribution in [-0.2, 0) is 29.3 Å². The van der Waals surface area contributed by atoms with Crippen molar-refractivity contribution < 1.29 is 28.8 Å². The van der Waals surface area contributed by atoms with E-state index in [-0.39, 0.29) is 48.2 Å². The number of nitro groups is 1. The van der Waals surface area contributed by atoms with E-state index in [2.05, 4.69) is 10.2 Å². The highest BCUT2D eigenvalue weighted by Gasteiger charge is 2.44. The summed E-state index contributed by atoms with van der Waals surface area (Å²) in [4.78, 5) is 57.1. The van der Waals surface area contributed by atoms with Crippen LogP contribution in [0.2, 0.25) is 0 Å². The zero-order chi connectivity index (χ0) is 36.1. The molecule has 1 saturated heterocycles. The second kappa shape index (κ2) is 18.4. The van der Waals surface area contributed by atoms with E-state index < -0.39 is 16.3 Å². The molecule has 13 nitrogen and oxygen atoms in total. The van der Waals surface area contributed by atoms with E-state index in [1.54, 1.807) is 34.1 Å². The smallest absolute Gasteiger partial charge is 0.316 e. The molecule has 1 atom stereocenters. The molecule has 0 saturated carbocycles. The third-order valence-corrected chi connectivity index (χ3v) is 9.36. The second-order valence-corrected chi connectivity index (χ2v) is 12.4. The number of hydrogen-bond donors (Lipinski definition) is 2. The van der Waals surface area contributed by atoms with Crippen LogP contribution in [0.25, 0.3) is 0 Å². The van der Waals surface area contributed by atoms with Crippen molar-refractivity contribution in [1.82, 2.24) is 20.0 Å². The van der Waals surface area contributed by atoms with Gasteiger partial charge < -0.3 is 35.2 Å². The van der Waals surface area contributed by atoms with Gasteiger partial charge in [0.15, 0.2) is 0 Å². The Morgan fingerprint density at radius 3 is 2.14 bits per heavy atom. The molecule has 3 N–H and O–H groups in total. The minimum absolute atomic E-state index is 0.0142. The van der Waals surface area contributed by atoms with Crippen molar-refractivity contribution in [3.8, 4) is 0 Å². The number of piperidine rings is 1. The number of rotatable bonds is 17. The van der Waals surface area contributed by atoms with Crippen LogP contribution < -0.4 is 11.1 Å². The molecule has 0 bridgehead atoms. The van der Waals surface area contributed by atoms with Crippen molar-refractivity contribution >= 4 is 23.5 Å². The van der Waals surface area contributed by atoms with Gasteiger partial charge in [-0.2, -0.15) is 0 Å². The van der Waals surface area contributed by atoms with Gasteiger partial charge in [-0.3, -0.25) is 24.5 Å². The fourth-order valence-electron chi connectivity index (χ4n) is 6.51. The minimum Gasteiger partial charge on any atom is -0.465 e. The molecule has 2 aromatic carbocycles. The lowest BCUT2D eigenvalue weighted by Crippen LogP contribution is -2.48. The summed E-state index contributed by atoms with van der Waals surface area (Å²) in [5.41, 5.74) is 7.11. The van der Waals surface area contributed by atoms with Crippen molar-refractivity contribution in [3.05, 3.63) is 99.4 Å². The maximum Gasteiger partial charge on any atom is 0.316 e. The normalized spacial score (nSPS) is 17.2. The summed E-state index contributed by atoms with van der Waals surface area (Å²) in [5, 5.41) is 14.3. The number of likely N-dealkylation sites (N-methyl/N-ethyl adjacent to an activating group) is 1. The summed E-state index contributed by atoms with van der Waals surface area (Å²) in [7, 11) is 0.